The first-order valence-corrected chi connectivity index (χ1v) is 13.9. The normalized spacial score (nSPS) is 12.8. The van der Waals surface area contributed by atoms with Crippen molar-refractivity contribution in [2.45, 2.75) is 16.7 Å². The molecule has 2 aromatic heterocycles. The number of hydrogen-bond donors (Lipinski definition) is 0. The van der Waals surface area contributed by atoms with Crippen LogP contribution in [0, 0.1) is 0 Å². The van der Waals surface area contributed by atoms with Gasteiger partial charge in [0.15, 0.2) is 0 Å². The number of aromatic nitrogens is 2. The largest absolute Gasteiger partial charge is 0.294 e. The smallest absolute Gasteiger partial charge is 0.138 e. The summed E-state index contributed by atoms with van der Waals surface area (Å²) in [4.78, 5) is 7.76. The summed E-state index contributed by atoms with van der Waals surface area (Å²) in [6.07, 6.45) is 8.42. The van der Waals surface area contributed by atoms with E-state index < -0.39 is 0 Å². The zero-order valence-corrected chi connectivity index (χ0v) is 22.5. The van der Waals surface area contributed by atoms with Crippen molar-refractivity contribution in [1.82, 2.24) is 9.55 Å². The predicted octanol–water partition coefficient (Wildman–Crippen LogP) is 10.1. The summed E-state index contributed by atoms with van der Waals surface area (Å²) in [5.41, 5.74) is 9.00. The Morgan fingerprint density at radius 2 is 1.54 bits per heavy atom. The molecular formula is C36H26N2S. The lowest BCUT2D eigenvalue weighted by Crippen LogP contribution is -2.01. The lowest BCUT2D eigenvalue weighted by molar-refractivity contribution is 1.07. The minimum atomic E-state index is 0.897. The van der Waals surface area contributed by atoms with Crippen molar-refractivity contribution < 1.29 is 0 Å². The Balaban J connectivity index is 1.55. The molecule has 4 aromatic carbocycles. The Morgan fingerprint density at radius 3 is 2.38 bits per heavy atom. The molecule has 0 N–H and O–H groups in total. The van der Waals surface area contributed by atoms with E-state index >= 15 is 0 Å². The molecule has 0 unspecified atom stereocenters. The third kappa shape index (κ3) is 3.94. The van der Waals surface area contributed by atoms with Crippen molar-refractivity contribution in [3.8, 4) is 16.9 Å². The molecule has 7 rings (SSSR count). The number of rotatable bonds is 4. The highest BCUT2D eigenvalue weighted by atomic mass is 32.2. The number of pyridine rings is 1. The Morgan fingerprint density at radius 1 is 0.769 bits per heavy atom. The first kappa shape index (κ1) is 23.5. The lowest BCUT2D eigenvalue weighted by Gasteiger charge is -2.13. The maximum Gasteiger partial charge on any atom is 0.138 e. The van der Waals surface area contributed by atoms with E-state index in [1.807, 2.05) is 24.8 Å². The first-order valence-electron chi connectivity index (χ1n) is 13.1. The molecule has 0 atom stereocenters. The number of para-hydroxylation sites is 1. The van der Waals surface area contributed by atoms with E-state index in [9.17, 15) is 0 Å². The van der Waals surface area contributed by atoms with Crippen LogP contribution in [0.1, 0.15) is 23.7 Å². The van der Waals surface area contributed by atoms with E-state index in [-0.39, 0.29) is 0 Å². The van der Waals surface area contributed by atoms with E-state index in [2.05, 4.69) is 133 Å². The quantitative estimate of drug-likeness (QED) is 0.216. The third-order valence-corrected chi connectivity index (χ3v) is 8.61. The molecule has 0 amide bonds. The molecule has 0 saturated heterocycles. The van der Waals surface area contributed by atoms with Gasteiger partial charge >= 0.3 is 0 Å². The van der Waals surface area contributed by atoms with Gasteiger partial charge in [0.1, 0.15) is 5.82 Å². The minimum Gasteiger partial charge on any atom is -0.294 e. The van der Waals surface area contributed by atoms with Gasteiger partial charge in [0, 0.05) is 20.6 Å². The van der Waals surface area contributed by atoms with E-state index in [1.165, 1.54) is 31.7 Å². The Kier molecular flexibility index (Phi) is 5.79. The van der Waals surface area contributed by atoms with Gasteiger partial charge in [-0.3, -0.25) is 4.57 Å². The van der Waals surface area contributed by atoms with Crippen LogP contribution in [0.15, 0.2) is 132 Å². The number of allylic oxidation sites excluding steroid dienone is 3. The van der Waals surface area contributed by atoms with E-state index in [4.69, 9.17) is 4.98 Å². The number of hydrogen-bond acceptors (Lipinski definition) is 2. The van der Waals surface area contributed by atoms with E-state index in [0.29, 0.717) is 0 Å². The van der Waals surface area contributed by atoms with E-state index in [0.717, 1.165) is 39.2 Å². The molecule has 3 heteroatoms. The molecule has 186 valence electrons. The molecule has 3 heterocycles. The van der Waals surface area contributed by atoms with Gasteiger partial charge < -0.3 is 0 Å². The summed E-state index contributed by atoms with van der Waals surface area (Å²) in [5.74, 6) is 0.897. The molecule has 2 nitrogen and oxygen atoms in total. The fraction of sp³-hybridized carbons (Fsp3) is 0.0278. The topological polar surface area (TPSA) is 17.8 Å². The van der Waals surface area contributed by atoms with Crippen LogP contribution in [0.5, 0.6) is 0 Å². The van der Waals surface area contributed by atoms with Gasteiger partial charge in [-0.05, 0) is 65.1 Å². The van der Waals surface area contributed by atoms with Crippen LogP contribution in [0.25, 0.3) is 56.5 Å². The molecular weight excluding hydrogens is 492 g/mol. The van der Waals surface area contributed by atoms with E-state index in [1.54, 1.807) is 0 Å². The molecule has 6 aromatic rings. The van der Waals surface area contributed by atoms with Crippen LogP contribution in [-0.2, 0) is 0 Å². The molecule has 1 aliphatic heterocycles. The fourth-order valence-electron chi connectivity index (χ4n) is 5.48. The lowest BCUT2D eigenvalue weighted by atomic mass is 10.0. The second-order valence-corrected chi connectivity index (χ2v) is 10.7. The Bertz CT molecular complexity index is 1960. The second kappa shape index (κ2) is 9.61. The van der Waals surface area contributed by atoms with Crippen molar-refractivity contribution in [2.75, 3.05) is 0 Å². The number of fused-ring (bicyclic) bond motifs is 6. The molecule has 0 fully saturated rings. The van der Waals surface area contributed by atoms with Crippen LogP contribution < -0.4 is 0 Å². The highest BCUT2D eigenvalue weighted by Gasteiger charge is 2.21. The maximum atomic E-state index is 5.21. The molecule has 0 spiro atoms. The zero-order valence-electron chi connectivity index (χ0n) is 21.6. The third-order valence-electron chi connectivity index (χ3n) is 7.37. The minimum absolute atomic E-state index is 0.897. The Labute approximate surface area is 232 Å². The van der Waals surface area contributed by atoms with Crippen LogP contribution in [0.4, 0.5) is 0 Å². The number of benzene rings is 4. The average molecular weight is 519 g/mol. The summed E-state index contributed by atoms with van der Waals surface area (Å²) >= 11 is 1.85. The van der Waals surface area contributed by atoms with Gasteiger partial charge in [-0.2, -0.15) is 0 Å². The van der Waals surface area contributed by atoms with Gasteiger partial charge in [0.05, 0.1) is 16.7 Å². The van der Waals surface area contributed by atoms with Crippen molar-refractivity contribution in [2.24, 2.45) is 0 Å². The molecule has 39 heavy (non-hydrogen) atoms. The molecule has 0 radical (unpaired) electrons. The van der Waals surface area contributed by atoms with Crippen molar-refractivity contribution in [1.29, 1.82) is 0 Å². The summed E-state index contributed by atoms with van der Waals surface area (Å²) < 4.78 is 2.32. The van der Waals surface area contributed by atoms with Crippen LogP contribution >= 0.6 is 11.8 Å². The first-order chi connectivity index (χ1) is 19.2. The highest BCUT2D eigenvalue weighted by Crippen LogP contribution is 2.45. The summed E-state index contributed by atoms with van der Waals surface area (Å²) in [7, 11) is 0. The van der Waals surface area contributed by atoms with Gasteiger partial charge in [-0.15, -0.1) is 0 Å². The maximum absolute atomic E-state index is 5.21. The number of nitrogens with zero attached hydrogens (tertiary/aromatic N) is 2. The van der Waals surface area contributed by atoms with Gasteiger partial charge in [-0.1, -0.05) is 115 Å². The van der Waals surface area contributed by atoms with Crippen molar-refractivity contribution in [3.05, 3.63) is 139 Å². The Hall–Kier alpha value is -4.60. The van der Waals surface area contributed by atoms with Crippen molar-refractivity contribution in [3.63, 3.8) is 0 Å². The highest BCUT2D eigenvalue weighted by molar-refractivity contribution is 7.99. The molecule has 1 aliphatic rings. The SMILES string of the molecule is C=C/C(=C\C)c1cc(-c2ccccc2)cc(-n2c3ccccc3c3c4c(ccc32)C=Cc2ccccc2S4)n1. The summed E-state index contributed by atoms with van der Waals surface area (Å²) in [6, 6.07) is 36.7. The van der Waals surface area contributed by atoms with Gasteiger partial charge in [-0.25, -0.2) is 4.98 Å². The second-order valence-electron chi connectivity index (χ2n) is 9.62. The molecule has 0 bridgehead atoms. The molecule has 0 saturated carbocycles. The monoisotopic (exact) mass is 518 g/mol. The fourth-order valence-corrected chi connectivity index (χ4v) is 6.67. The van der Waals surface area contributed by atoms with Crippen LogP contribution in [0.3, 0.4) is 0 Å². The van der Waals surface area contributed by atoms with Crippen LogP contribution in [-0.4, -0.2) is 9.55 Å². The molecule has 0 aliphatic carbocycles. The van der Waals surface area contributed by atoms with Gasteiger partial charge in [0.2, 0.25) is 0 Å². The standard InChI is InChI=1S/C36H26N2S/c1-3-24(4-2)30-22-28(25-12-6-5-7-13-25)23-34(37-30)38-31-16-10-9-15-29(31)35-32(38)21-20-27-19-18-26-14-8-11-17-33(26)39-36(27)35/h3-23H,1H2,2H3/b24-4+. The van der Waals surface area contributed by atoms with Gasteiger partial charge in [0.25, 0.3) is 0 Å². The van der Waals surface area contributed by atoms with Crippen LogP contribution in [0.2, 0.25) is 0 Å². The zero-order chi connectivity index (χ0) is 26.3. The predicted molar refractivity (Wildman–Crippen MR) is 167 cm³/mol. The average Bonchev–Trinajstić information content (AvgIpc) is 3.20. The summed E-state index contributed by atoms with van der Waals surface area (Å²) in [6.45, 7) is 6.09. The summed E-state index contributed by atoms with van der Waals surface area (Å²) in [5, 5.41) is 2.49. The van der Waals surface area contributed by atoms with Crippen molar-refractivity contribution >= 4 is 51.3 Å².